The molecule has 1 aromatic rings. The molecule has 1 rings (SSSR count). The zero-order valence-corrected chi connectivity index (χ0v) is 7.32. The van der Waals surface area contributed by atoms with Crippen molar-refractivity contribution in [2.45, 2.75) is 0 Å². The van der Waals surface area contributed by atoms with Gasteiger partial charge in [0.2, 0.25) is 0 Å². The summed E-state index contributed by atoms with van der Waals surface area (Å²) in [5.74, 6) is 0. The number of aromatic nitrogens is 1. The second-order valence-corrected chi connectivity index (χ2v) is 2.76. The zero-order chi connectivity index (χ0) is 9.14. The Bertz CT molecular complexity index is 340. The first-order valence-electron chi connectivity index (χ1n) is 2.91. The molecule has 0 aliphatic heterocycles. The normalized spacial score (nSPS) is 9.42. The Labute approximate surface area is 75.7 Å². The minimum atomic E-state index is -0.652. The molecule has 0 spiro atoms. The van der Waals surface area contributed by atoms with Crippen molar-refractivity contribution in [2.24, 2.45) is 0 Å². The second kappa shape index (κ2) is 3.40. The van der Waals surface area contributed by atoms with Crippen molar-refractivity contribution in [3.8, 4) is 0 Å². The number of hydrogen-bond acceptors (Lipinski definition) is 4. The third-order valence-electron chi connectivity index (χ3n) is 1.20. The summed E-state index contributed by atoms with van der Waals surface area (Å²) in [6.45, 7) is 0. The molecule has 6 heteroatoms. The molecule has 0 amide bonds. The van der Waals surface area contributed by atoms with Crippen LogP contribution in [0.2, 0.25) is 0 Å². The van der Waals surface area contributed by atoms with Gasteiger partial charge in [-0.15, -0.1) is 0 Å². The minimum absolute atomic E-state index is 0.172. The van der Waals surface area contributed by atoms with Crippen LogP contribution in [-0.2, 0) is 0 Å². The lowest BCUT2D eigenvalue weighted by Gasteiger charge is -1.95. The van der Waals surface area contributed by atoms with Crippen LogP contribution < -0.4 is 0 Å². The second-order valence-electron chi connectivity index (χ2n) is 1.90. The first-order chi connectivity index (χ1) is 5.66. The van der Waals surface area contributed by atoms with Crippen molar-refractivity contribution in [1.29, 1.82) is 0 Å². The SMILES string of the molecule is O=Cc1nccc(Br)c1[N+](=O)[O-]. The van der Waals surface area contributed by atoms with E-state index in [1.54, 1.807) is 0 Å². The standard InChI is InChI=1S/C6H3BrN2O3/c7-4-1-2-8-5(3-10)6(4)9(11)12/h1-3H. The highest BCUT2D eigenvalue weighted by Gasteiger charge is 2.18. The lowest BCUT2D eigenvalue weighted by molar-refractivity contribution is -0.386. The van der Waals surface area contributed by atoms with E-state index in [0.29, 0.717) is 6.29 Å². The van der Waals surface area contributed by atoms with Crippen LogP contribution in [0, 0.1) is 10.1 Å². The van der Waals surface area contributed by atoms with Gasteiger partial charge in [-0.25, -0.2) is 4.98 Å². The van der Waals surface area contributed by atoms with E-state index in [9.17, 15) is 14.9 Å². The smallest absolute Gasteiger partial charge is 0.296 e. The minimum Gasteiger partial charge on any atom is -0.296 e. The van der Waals surface area contributed by atoms with Crippen molar-refractivity contribution in [1.82, 2.24) is 4.98 Å². The highest BCUT2D eigenvalue weighted by atomic mass is 79.9. The number of carbonyl (C=O) groups is 1. The summed E-state index contributed by atoms with van der Waals surface area (Å²) in [4.78, 5) is 23.6. The van der Waals surface area contributed by atoms with Crippen molar-refractivity contribution >= 4 is 27.9 Å². The highest BCUT2D eigenvalue weighted by Crippen LogP contribution is 2.25. The molecule has 12 heavy (non-hydrogen) atoms. The maximum Gasteiger partial charge on any atom is 0.312 e. The van der Waals surface area contributed by atoms with E-state index in [0.717, 1.165) is 0 Å². The van der Waals surface area contributed by atoms with Crippen LogP contribution in [0.25, 0.3) is 0 Å². The molecule has 1 heterocycles. The van der Waals surface area contributed by atoms with Gasteiger partial charge in [0, 0.05) is 6.20 Å². The van der Waals surface area contributed by atoms with Gasteiger partial charge in [-0.05, 0) is 22.0 Å². The Morgan fingerprint density at radius 2 is 2.33 bits per heavy atom. The maximum absolute atomic E-state index is 10.4. The van der Waals surface area contributed by atoms with Gasteiger partial charge < -0.3 is 0 Å². The van der Waals surface area contributed by atoms with Crippen molar-refractivity contribution in [2.75, 3.05) is 0 Å². The summed E-state index contributed by atoms with van der Waals surface area (Å²) in [5.41, 5.74) is -0.470. The predicted molar refractivity (Wildman–Crippen MR) is 44.0 cm³/mol. The van der Waals surface area contributed by atoms with E-state index in [-0.39, 0.29) is 15.9 Å². The van der Waals surface area contributed by atoms with E-state index in [4.69, 9.17) is 0 Å². The molecule has 0 bridgehead atoms. The molecule has 5 nitrogen and oxygen atoms in total. The fourth-order valence-electron chi connectivity index (χ4n) is 0.712. The Morgan fingerprint density at radius 1 is 1.67 bits per heavy atom. The van der Waals surface area contributed by atoms with Gasteiger partial charge in [0.1, 0.15) is 0 Å². The number of hydrogen-bond donors (Lipinski definition) is 0. The fourth-order valence-corrected chi connectivity index (χ4v) is 1.18. The summed E-state index contributed by atoms with van der Waals surface area (Å²) in [7, 11) is 0. The van der Waals surface area contributed by atoms with E-state index >= 15 is 0 Å². The molecular weight excluding hydrogens is 228 g/mol. The first-order valence-corrected chi connectivity index (χ1v) is 3.70. The molecule has 0 aliphatic rings. The van der Waals surface area contributed by atoms with Gasteiger partial charge in [-0.3, -0.25) is 14.9 Å². The summed E-state index contributed by atoms with van der Waals surface area (Å²) in [6, 6.07) is 1.41. The Hall–Kier alpha value is -1.30. The summed E-state index contributed by atoms with van der Waals surface area (Å²) >= 11 is 2.95. The van der Waals surface area contributed by atoms with Crippen molar-refractivity contribution in [3.05, 3.63) is 32.5 Å². The first kappa shape index (κ1) is 8.79. The Balaban J connectivity index is 3.39. The molecule has 0 fully saturated rings. The molecule has 1 aromatic heterocycles. The van der Waals surface area contributed by atoms with Gasteiger partial charge >= 0.3 is 5.69 Å². The zero-order valence-electron chi connectivity index (χ0n) is 5.73. The van der Waals surface area contributed by atoms with Crippen LogP contribution in [0.1, 0.15) is 10.5 Å². The molecular formula is C6H3BrN2O3. The predicted octanol–water partition coefficient (Wildman–Crippen LogP) is 1.56. The Morgan fingerprint density at radius 3 is 2.75 bits per heavy atom. The number of carbonyl (C=O) groups excluding carboxylic acids is 1. The van der Waals surface area contributed by atoms with Gasteiger partial charge in [0.15, 0.2) is 12.0 Å². The molecule has 0 radical (unpaired) electrons. The third-order valence-corrected chi connectivity index (χ3v) is 1.84. The molecule has 62 valence electrons. The van der Waals surface area contributed by atoms with E-state index in [2.05, 4.69) is 20.9 Å². The van der Waals surface area contributed by atoms with Crippen LogP contribution in [-0.4, -0.2) is 16.2 Å². The van der Waals surface area contributed by atoms with Gasteiger partial charge in [0.05, 0.1) is 9.40 Å². The quantitative estimate of drug-likeness (QED) is 0.439. The number of rotatable bonds is 2. The van der Waals surface area contributed by atoms with E-state index < -0.39 is 4.92 Å². The van der Waals surface area contributed by atoms with E-state index in [1.807, 2.05) is 0 Å². The number of halogens is 1. The molecule has 0 unspecified atom stereocenters. The average Bonchev–Trinajstić information content (AvgIpc) is 2.03. The number of nitrogens with zero attached hydrogens (tertiary/aromatic N) is 2. The third kappa shape index (κ3) is 1.48. The maximum atomic E-state index is 10.4. The molecule has 0 atom stereocenters. The Kier molecular flexibility index (Phi) is 2.49. The lowest BCUT2D eigenvalue weighted by Crippen LogP contribution is -1.97. The lowest BCUT2D eigenvalue weighted by atomic mass is 10.3. The van der Waals surface area contributed by atoms with Gasteiger partial charge in [-0.2, -0.15) is 0 Å². The number of nitro groups is 1. The van der Waals surface area contributed by atoms with Crippen LogP contribution in [0.4, 0.5) is 5.69 Å². The number of aldehydes is 1. The summed E-state index contributed by atoms with van der Waals surface area (Å²) in [5, 5.41) is 10.4. The monoisotopic (exact) mass is 230 g/mol. The number of pyridine rings is 1. The molecule has 0 saturated carbocycles. The van der Waals surface area contributed by atoms with Crippen molar-refractivity contribution in [3.63, 3.8) is 0 Å². The van der Waals surface area contributed by atoms with E-state index in [1.165, 1.54) is 12.3 Å². The van der Waals surface area contributed by atoms with Crippen LogP contribution in [0.15, 0.2) is 16.7 Å². The largest absolute Gasteiger partial charge is 0.312 e. The molecule has 0 N–H and O–H groups in total. The topological polar surface area (TPSA) is 73.1 Å². The summed E-state index contributed by atoms with van der Waals surface area (Å²) in [6.07, 6.45) is 1.67. The van der Waals surface area contributed by atoms with Crippen LogP contribution in [0.5, 0.6) is 0 Å². The molecule has 0 aliphatic carbocycles. The average molecular weight is 231 g/mol. The van der Waals surface area contributed by atoms with Gasteiger partial charge in [0.25, 0.3) is 0 Å². The van der Waals surface area contributed by atoms with Crippen LogP contribution >= 0.6 is 15.9 Å². The highest BCUT2D eigenvalue weighted by molar-refractivity contribution is 9.10. The van der Waals surface area contributed by atoms with Crippen LogP contribution in [0.3, 0.4) is 0 Å². The van der Waals surface area contributed by atoms with Crippen molar-refractivity contribution < 1.29 is 9.72 Å². The van der Waals surface area contributed by atoms with Gasteiger partial charge in [-0.1, -0.05) is 0 Å². The molecule has 0 saturated heterocycles. The fraction of sp³-hybridized carbons (Fsp3) is 0. The summed E-state index contributed by atoms with van der Waals surface area (Å²) < 4.78 is 0.254. The molecule has 0 aromatic carbocycles.